The molecule has 8 heteroatoms. The molecule has 0 spiro atoms. The lowest BCUT2D eigenvalue weighted by molar-refractivity contribution is 0.0942. The van der Waals surface area contributed by atoms with Crippen LogP contribution in [0.15, 0.2) is 53.3 Å². The highest BCUT2D eigenvalue weighted by Crippen LogP contribution is 2.12. The molecule has 2 aromatic carbocycles. The van der Waals surface area contributed by atoms with Gasteiger partial charge in [0.1, 0.15) is 5.82 Å². The van der Waals surface area contributed by atoms with Crippen molar-refractivity contribution in [1.82, 2.24) is 15.3 Å². The molecule has 0 saturated carbocycles. The smallest absolute Gasteiger partial charge is 0.293 e. The van der Waals surface area contributed by atoms with Crippen molar-refractivity contribution in [2.45, 2.75) is 13.0 Å². The molecule has 0 fully saturated rings. The van der Waals surface area contributed by atoms with E-state index in [0.717, 1.165) is 17.7 Å². The van der Waals surface area contributed by atoms with Crippen LogP contribution in [0.2, 0.25) is 0 Å². The molecule has 0 atom stereocenters. The van der Waals surface area contributed by atoms with Crippen molar-refractivity contribution >= 4 is 5.91 Å². The molecule has 0 aliphatic heterocycles. The van der Waals surface area contributed by atoms with Gasteiger partial charge < -0.3 is 15.4 Å². The minimum absolute atomic E-state index is 0.127. The van der Waals surface area contributed by atoms with Crippen LogP contribution >= 0.6 is 0 Å². The Hall–Kier alpha value is -3.55. The fraction of sp³-hybridized carbons (Fsp3) is 0.105. The Morgan fingerprint density at radius 1 is 1.07 bits per heavy atom. The van der Waals surface area contributed by atoms with Crippen molar-refractivity contribution < 1.29 is 18.7 Å². The third-order valence-corrected chi connectivity index (χ3v) is 3.81. The monoisotopic (exact) mass is 371 g/mol. The molecule has 0 aliphatic carbocycles. The average molecular weight is 371 g/mol. The Morgan fingerprint density at radius 3 is 2.52 bits per heavy atom. The molecule has 3 aromatic rings. The van der Waals surface area contributed by atoms with Gasteiger partial charge in [-0.05, 0) is 23.3 Å². The van der Waals surface area contributed by atoms with E-state index in [1.165, 1.54) is 6.07 Å². The standard InChI is InChI=1S/C19H15F2N3O3/c20-13-7-6-12(8-14(13)21)10-22-18(26)16-17(25)19(27)24-15(23-16)9-11-4-2-1-3-5-11/h1-8,25H,9-10H2,(H,22,26)(H,23,24,27). The van der Waals surface area contributed by atoms with Gasteiger partial charge in [-0.25, -0.2) is 13.8 Å². The first-order chi connectivity index (χ1) is 12.9. The number of amides is 1. The molecule has 0 aliphatic rings. The normalized spacial score (nSPS) is 10.6. The van der Waals surface area contributed by atoms with Gasteiger partial charge in [-0.3, -0.25) is 9.59 Å². The summed E-state index contributed by atoms with van der Waals surface area (Å²) in [4.78, 5) is 30.6. The van der Waals surface area contributed by atoms with Crippen LogP contribution in [0.1, 0.15) is 27.4 Å². The zero-order valence-corrected chi connectivity index (χ0v) is 14.0. The number of hydrogen-bond donors (Lipinski definition) is 3. The lowest BCUT2D eigenvalue weighted by Gasteiger charge is -2.08. The average Bonchev–Trinajstić information content (AvgIpc) is 2.66. The Kier molecular flexibility index (Phi) is 5.25. The van der Waals surface area contributed by atoms with E-state index in [2.05, 4.69) is 15.3 Å². The van der Waals surface area contributed by atoms with Gasteiger partial charge in [0.2, 0.25) is 5.75 Å². The highest BCUT2D eigenvalue weighted by atomic mass is 19.2. The zero-order valence-electron chi connectivity index (χ0n) is 14.0. The van der Waals surface area contributed by atoms with Gasteiger partial charge in [-0.2, -0.15) is 0 Å². The topological polar surface area (TPSA) is 95.1 Å². The van der Waals surface area contributed by atoms with E-state index in [4.69, 9.17) is 0 Å². The number of aromatic amines is 1. The summed E-state index contributed by atoms with van der Waals surface area (Å²) in [5.74, 6) is -3.44. The van der Waals surface area contributed by atoms with Gasteiger partial charge in [0, 0.05) is 13.0 Å². The summed E-state index contributed by atoms with van der Waals surface area (Å²) in [5, 5.41) is 12.3. The summed E-state index contributed by atoms with van der Waals surface area (Å²) in [6.45, 7) is -0.127. The minimum atomic E-state index is -1.04. The summed E-state index contributed by atoms with van der Waals surface area (Å²) in [6.07, 6.45) is 0.264. The molecule has 0 bridgehead atoms. The van der Waals surface area contributed by atoms with Crippen molar-refractivity contribution in [3.8, 4) is 5.75 Å². The fourth-order valence-electron chi connectivity index (χ4n) is 2.46. The molecule has 1 aromatic heterocycles. The molecule has 1 heterocycles. The first kappa shape index (κ1) is 18.2. The largest absolute Gasteiger partial charge is 0.501 e. The van der Waals surface area contributed by atoms with Gasteiger partial charge in [-0.15, -0.1) is 0 Å². The van der Waals surface area contributed by atoms with E-state index >= 15 is 0 Å². The van der Waals surface area contributed by atoms with Crippen LogP contribution in [0.3, 0.4) is 0 Å². The molecular formula is C19H15F2N3O3. The third kappa shape index (κ3) is 4.35. The van der Waals surface area contributed by atoms with Crippen molar-refractivity contribution in [3.05, 3.63) is 93.2 Å². The molecule has 27 heavy (non-hydrogen) atoms. The van der Waals surface area contributed by atoms with Gasteiger partial charge in [0.25, 0.3) is 11.5 Å². The van der Waals surface area contributed by atoms with Crippen molar-refractivity contribution in [1.29, 1.82) is 0 Å². The van der Waals surface area contributed by atoms with Gasteiger partial charge >= 0.3 is 0 Å². The zero-order chi connectivity index (χ0) is 19.4. The van der Waals surface area contributed by atoms with E-state index in [9.17, 15) is 23.5 Å². The number of aromatic nitrogens is 2. The molecule has 6 nitrogen and oxygen atoms in total. The summed E-state index contributed by atoms with van der Waals surface area (Å²) in [5.41, 5.74) is -0.100. The summed E-state index contributed by atoms with van der Waals surface area (Å²) < 4.78 is 26.2. The number of carbonyl (C=O) groups excluding carboxylic acids is 1. The van der Waals surface area contributed by atoms with Gasteiger partial charge in [-0.1, -0.05) is 36.4 Å². The number of aromatic hydroxyl groups is 1. The first-order valence-corrected chi connectivity index (χ1v) is 8.02. The minimum Gasteiger partial charge on any atom is -0.501 e. The van der Waals surface area contributed by atoms with Crippen LogP contribution < -0.4 is 10.9 Å². The Labute approximate surface area is 152 Å². The maximum absolute atomic E-state index is 13.2. The molecule has 138 valence electrons. The number of rotatable bonds is 5. The molecule has 1 amide bonds. The van der Waals surface area contributed by atoms with E-state index in [-0.39, 0.29) is 18.8 Å². The SMILES string of the molecule is O=C(NCc1ccc(F)c(F)c1)c1nc(Cc2ccccc2)[nH]c(=O)c1O. The summed E-state index contributed by atoms with van der Waals surface area (Å²) >= 11 is 0. The second-order valence-corrected chi connectivity index (χ2v) is 5.80. The molecule has 0 unspecified atom stereocenters. The Morgan fingerprint density at radius 2 is 1.81 bits per heavy atom. The van der Waals surface area contributed by atoms with Crippen LogP contribution in [0.4, 0.5) is 8.78 Å². The number of H-pyrrole nitrogens is 1. The second kappa shape index (κ2) is 7.77. The van der Waals surface area contributed by atoms with Crippen LogP contribution in [-0.2, 0) is 13.0 Å². The van der Waals surface area contributed by atoms with Crippen molar-refractivity contribution in [2.24, 2.45) is 0 Å². The fourth-order valence-corrected chi connectivity index (χ4v) is 2.46. The maximum Gasteiger partial charge on any atom is 0.293 e. The quantitative estimate of drug-likeness (QED) is 0.641. The molecule has 3 rings (SSSR count). The van der Waals surface area contributed by atoms with E-state index in [1.807, 2.05) is 30.3 Å². The number of carbonyl (C=O) groups is 1. The number of nitrogens with one attached hydrogen (secondary N) is 2. The third-order valence-electron chi connectivity index (χ3n) is 3.81. The van der Waals surface area contributed by atoms with Crippen LogP contribution in [0, 0.1) is 11.6 Å². The summed E-state index contributed by atoms with van der Waals surface area (Å²) in [6, 6.07) is 12.3. The van der Waals surface area contributed by atoms with Crippen LogP contribution in [0.5, 0.6) is 5.75 Å². The Bertz CT molecular complexity index is 1040. The maximum atomic E-state index is 13.2. The number of nitrogens with zero attached hydrogens (tertiary/aromatic N) is 1. The summed E-state index contributed by atoms with van der Waals surface area (Å²) in [7, 11) is 0. The van der Waals surface area contributed by atoms with Crippen molar-refractivity contribution in [3.63, 3.8) is 0 Å². The van der Waals surface area contributed by atoms with Gasteiger partial charge in [0.15, 0.2) is 17.3 Å². The molecule has 0 radical (unpaired) electrons. The van der Waals surface area contributed by atoms with Gasteiger partial charge in [0.05, 0.1) is 0 Å². The number of halogens is 2. The van der Waals surface area contributed by atoms with E-state index < -0.39 is 34.5 Å². The second-order valence-electron chi connectivity index (χ2n) is 5.80. The van der Waals surface area contributed by atoms with Crippen LogP contribution in [-0.4, -0.2) is 21.0 Å². The molecular weight excluding hydrogens is 356 g/mol. The van der Waals surface area contributed by atoms with E-state index in [1.54, 1.807) is 0 Å². The highest BCUT2D eigenvalue weighted by molar-refractivity contribution is 5.94. The lowest BCUT2D eigenvalue weighted by Crippen LogP contribution is -2.27. The predicted molar refractivity (Wildman–Crippen MR) is 93.3 cm³/mol. The first-order valence-electron chi connectivity index (χ1n) is 8.02. The highest BCUT2D eigenvalue weighted by Gasteiger charge is 2.18. The molecule has 3 N–H and O–H groups in total. The number of hydrogen-bond acceptors (Lipinski definition) is 4. The van der Waals surface area contributed by atoms with E-state index in [0.29, 0.717) is 5.56 Å². The number of benzene rings is 2. The Balaban J connectivity index is 1.79. The lowest BCUT2D eigenvalue weighted by atomic mass is 10.1. The predicted octanol–water partition coefficient (Wildman–Crippen LogP) is 2.27. The van der Waals surface area contributed by atoms with Crippen LogP contribution in [0.25, 0.3) is 0 Å². The van der Waals surface area contributed by atoms with Crippen molar-refractivity contribution in [2.75, 3.05) is 0 Å². The molecule has 0 saturated heterocycles.